The second-order valence-corrected chi connectivity index (χ2v) is 6.85. The number of halogens is 1. The molecule has 2 aromatic rings. The van der Waals surface area contributed by atoms with Crippen molar-refractivity contribution < 1.29 is 9.90 Å². The molecule has 1 aromatic carbocycles. The maximum Gasteiger partial charge on any atom is 0.267 e. The third kappa shape index (κ3) is 3.58. The summed E-state index contributed by atoms with van der Waals surface area (Å²) < 4.78 is 1.87. The fourth-order valence-corrected chi connectivity index (χ4v) is 3.65. The lowest BCUT2D eigenvalue weighted by atomic mass is 10.0. The summed E-state index contributed by atoms with van der Waals surface area (Å²) >= 11 is 6.04. The summed E-state index contributed by atoms with van der Waals surface area (Å²) in [5.41, 5.74) is 1.58. The van der Waals surface area contributed by atoms with Crippen LogP contribution in [0.15, 0.2) is 24.3 Å². The molecule has 130 valence electrons. The first-order valence-electron chi connectivity index (χ1n) is 8.48. The highest BCUT2D eigenvalue weighted by Crippen LogP contribution is 2.22. The average Bonchev–Trinajstić information content (AvgIpc) is 2.92. The molecule has 6 heteroatoms. The number of carbonyl (C=O) groups is 1. The fourth-order valence-electron chi connectivity index (χ4n) is 3.49. The zero-order chi connectivity index (χ0) is 17.1. The minimum Gasteiger partial charge on any atom is -0.395 e. The van der Waals surface area contributed by atoms with Gasteiger partial charge in [-0.3, -0.25) is 9.69 Å². The standard InChI is InChI=1S/C18H24ClN3O2/c1-21-16-11-14(19)6-5-13(16)10-17(21)18(24)20-7-9-22-8-3-2-4-15(22)12-23/h5-6,10-11,15,23H,2-4,7-9,12H2,1H3,(H,20,24)/t15-/m0/s1. The molecule has 1 amide bonds. The van der Waals surface area contributed by atoms with E-state index in [1.165, 1.54) is 6.42 Å². The van der Waals surface area contributed by atoms with Crippen LogP contribution in [0.3, 0.4) is 0 Å². The van der Waals surface area contributed by atoms with Crippen molar-refractivity contribution >= 4 is 28.4 Å². The van der Waals surface area contributed by atoms with Gasteiger partial charge in [0.25, 0.3) is 5.91 Å². The van der Waals surface area contributed by atoms with Crippen LogP contribution >= 0.6 is 11.6 Å². The number of aryl methyl sites for hydroxylation is 1. The molecule has 0 radical (unpaired) electrons. The van der Waals surface area contributed by atoms with Crippen molar-refractivity contribution in [3.05, 3.63) is 35.0 Å². The van der Waals surface area contributed by atoms with E-state index in [0.29, 0.717) is 17.3 Å². The zero-order valence-electron chi connectivity index (χ0n) is 14.0. The molecule has 1 aromatic heterocycles. The second-order valence-electron chi connectivity index (χ2n) is 6.42. The zero-order valence-corrected chi connectivity index (χ0v) is 14.7. The van der Waals surface area contributed by atoms with Crippen molar-refractivity contribution in [2.45, 2.75) is 25.3 Å². The number of likely N-dealkylation sites (tertiary alicyclic amines) is 1. The van der Waals surface area contributed by atoms with E-state index >= 15 is 0 Å². The van der Waals surface area contributed by atoms with E-state index < -0.39 is 0 Å². The van der Waals surface area contributed by atoms with Crippen molar-refractivity contribution in [3.8, 4) is 0 Å². The van der Waals surface area contributed by atoms with Gasteiger partial charge in [0.05, 0.1) is 6.61 Å². The molecule has 0 spiro atoms. The summed E-state index contributed by atoms with van der Waals surface area (Å²) in [7, 11) is 1.88. The van der Waals surface area contributed by atoms with Crippen LogP contribution < -0.4 is 5.32 Å². The van der Waals surface area contributed by atoms with Gasteiger partial charge in [-0.15, -0.1) is 0 Å². The second kappa shape index (κ2) is 7.55. The normalized spacial score (nSPS) is 18.9. The first kappa shape index (κ1) is 17.3. The van der Waals surface area contributed by atoms with Crippen LogP contribution in [0, 0.1) is 0 Å². The third-order valence-electron chi connectivity index (χ3n) is 4.88. The molecule has 1 saturated heterocycles. The molecular formula is C18H24ClN3O2. The molecule has 5 nitrogen and oxygen atoms in total. The van der Waals surface area contributed by atoms with E-state index in [1.807, 2.05) is 35.9 Å². The number of amides is 1. The van der Waals surface area contributed by atoms with E-state index in [9.17, 15) is 9.90 Å². The summed E-state index contributed by atoms with van der Waals surface area (Å²) in [5.74, 6) is -0.0811. The number of nitrogens with one attached hydrogen (secondary N) is 1. The van der Waals surface area contributed by atoms with Gasteiger partial charge in [0.1, 0.15) is 5.69 Å². The molecule has 24 heavy (non-hydrogen) atoms. The van der Waals surface area contributed by atoms with Crippen LogP contribution in [-0.4, -0.2) is 52.8 Å². The number of hydrogen-bond acceptors (Lipinski definition) is 3. The van der Waals surface area contributed by atoms with E-state index in [4.69, 9.17) is 11.6 Å². The Morgan fingerprint density at radius 3 is 3.00 bits per heavy atom. The maximum atomic E-state index is 12.5. The predicted octanol–water partition coefficient (Wildman–Crippen LogP) is 2.41. The topological polar surface area (TPSA) is 57.5 Å². The van der Waals surface area contributed by atoms with Gasteiger partial charge in [-0.05, 0) is 37.6 Å². The fraction of sp³-hybridized carbons (Fsp3) is 0.500. The molecular weight excluding hydrogens is 326 g/mol. The van der Waals surface area contributed by atoms with Gasteiger partial charge in [-0.1, -0.05) is 24.1 Å². The summed E-state index contributed by atoms with van der Waals surface area (Å²) in [5, 5.41) is 14.1. The van der Waals surface area contributed by atoms with Crippen molar-refractivity contribution in [3.63, 3.8) is 0 Å². The molecule has 1 aliphatic heterocycles. The summed E-state index contributed by atoms with van der Waals surface area (Å²) in [6, 6.07) is 7.74. The Morgan fingerprint density at radius 2 is 2.21 bits per heavy atom. The Hall–Kier alpha value is -1.56. The lowest BCUT2D eigenvalue weighted by Crippen LogP contribution is -2.45. The number of fused-ring (bicyclic) bond motifs is 1. The smallest absolute Gasteiger partial charge is 0.267 e. The molecule has 1 atom stereocenters. The number of rotatable bonds is 5. The SMILES string of the molecule is Cn1c(C(=O)NCCN2CCCC[C@H]2CO)cc2ccc(Cl)cc21. The minimum atomic E-state index is -0.0811. The molecule has 0 aliphatic carbocycles. The van der Waals surface area contributed by atoms with Crippen LogP contribution in [0.1, 0.15) is 29.8 Å². The molecule has 2 N–H and O–H groups in total. The highest BCUT2D eigenvalue weighted by molar-refractivity contribution is 6.31. The highest BCUT2D eigenvalue weighted by Gasteiger charge is 2.21. The molecule has 1 aliphatic rings. The van der Waals surface area contributed by atoms with Gasteiger partial charge in [0.15, 0.2) is 0 Å². The lowest BCUT2D eigenvalue weighted by molar-refractivity contribution is 0.0845. The Balaban J connectivity index is 1.62. The van der Waals surface area contributed by atoms with Crippen molar-refractivity contribution in [2.24, 2.45) is 7.05 Å². The van der Waals surface area contributed by atoms with Gasteiger partial charge in [-0.25, -0.2) is 0 Å². The van der Waals surface area contributed by atoms with Crippen molar-refractivity contribution in [1.29, 1.82) is 0 Å². The number of nitrogens with zero attached hydrogens (tertiary/aromatic N) is 2. The number of aliphatic hydroxyl groups is 1. The monoisotopic (exact) mass is 349 g/mol. The Kier molecular flexibility index (Phi) is 5.43. The number of carbonyl (C=O) groups excluding carboxylic acids is 1. The van der Waals surface area contributed by atoms with E-state index in [0.717, 1.165) is 36.8 Å². The van der Waals surface area contributed by atoms with Crippen LogP contribution in [0.2, 0.25) is 5.02 Å². The maximum absolute atomic E-state index is 12.5. The van der Waals surface area contributed by atoms with Crippen molar-refractivity contribution in [2.75, 3.05) is 26.2 Å². The first-order valence-corrected chi connectivity index (χ1v) is 8.86. The number of benzene rings is 1. The Labute approximate surface area is 147 Å². The van der Waals surface area contributed by atoms with E-state index in [1.54, 1.807) is 0 Å². The summed E-state index contributed by atoms with van der Waals surface area (Å²) in [4.78, 5) is 14.7. The Morgan fingerprint density at radius 1 is 1.38 bits per heavy atom. The Bertz CT molecular complexity index is 728. The quantitative estimate of drug-likeness (QED) is 0.871. The minimum absolute atomic E-state index is 0.0811. The van der Waals surface area contributed by atoms with Crippen LogP contribution in [0.4, 0.5) is 0 Å². The molecule has 2 heterocycles. The largest absolute Gasteiger partial charge is 0.395 e. The number of piperidine rings is 1. The van der Waals surface area contributed by atoms with Crippen LogP contribution in [-0.2, 0) is 7.05 Å². The predicted molar refractivity (Wildman–Crippen MR) is 96.6 cm³/mol. The highest BCUT2D eigenvalue weighted by atomic mass is 35.5. The van der Waals surface area contributed by atoms with E-state index in [2.05, 4.69) is 10.2 Å². The molecule has 0 unspecified atom stereocenters. The number of aromatic nitrogens is 1. The van der Waals surface area contributed by atoms with Gasteiger partial charge >= 0.3 is 0 Å². The molecule has 0 bridgehead atoms. The number of hydrogen-bond donors (Lipinski definition) is 2. The summed E-state index contributed by atoms with van der Waals surface area (Å²) in [6.07, 6.45) is 3.37. The molecule has 0 saturated carbocycles. The summed E-state index contributed by atoms with van der Waals surface area (Å²) in [6.45, 7) is 2.54. The van der Waals surface area contributed by atoms with Gasteiger partial charge in [-0.2, -0.15) is 0 Å². The van der Waals surface area contributed by atoms with Crippen LogP contribution in [0.5, 0.6) is 0 Å². The van der Waals surface area contributed by atoms with Crippen molar-refractivity contribution in [1.82, 2.24) is 14.8 Å². The molecule has 3 rings (SSSR count). The van der Waals surface area contributed by atoms with Gasteiger partial charge < -0.3 is 15.0 Å². The van der Waals surface area contributed by atoms with Gasteiger partial charge in [0, 0.05) is 42.1 Å². The van der Waals surface area contributed by atoms with Crippen LogP contribution in [0.25, 0.3) is 10.9 Å². The van der Waals surface area contributed by atoms with E-state index in [-0.39, 0.29) is 18.6 Å². The number of aliphatic hydroxyl groups excluding tert-OH is 1. The molecule has 1 fully saturated rings. The third-order valence-corrected chi connectivity index (χ3v) is 5.12. The first-order chi connectivity index (χ1) is 11.6. The lowest BCUT2D eigenvalue weighted by Gasteiger charge is -2.34. The van der Waals surface area contributed by atoms with Gasteiger partial charge in [0.2, 0.25) is 0 Å². The average molecular weight is 350 g/mol.